The highest BCUT2D eigenvalue weighted by atomic mass is 15.3. The zero-order valence-electron chi connectivity index (χ0n) is 19.1. The summed E-state index contributed by atoms with van der Waals surface area (Å²) in [6.07, 6.45) is 4.52. The maximum Gasteiger partial charge on any atom is 0.0836 e. The first kappa shape index (κ1) is 21.8. The van der Waals surface area contributed by atoms with E-state index in [0.717, 1.165) is 57.7 Å². The number of hydrogen-bond donors (Lipinski definition) is 1. The van der Waals surface area contributed by atoms with Crippen molar-refractivity contribution < 1.29 is 0 Å². The average Bonchev–Trinajstić information content (AvgIpc) is 3.18. The monoisotopic (exact) mass is 416 g/mol. The van der Waals surface area contributed by atoms with Crippen molar-refractivity contribution in [2.75, 3.05) is 32.7 Å². The summed E-state index contributed by atoms with van der Waals surface area (Å²) in [6.45, 7) is 14.9. The van der Waals surface area contributed by atoms with Gasteiger partial charge in [0.25, 0.3) is 0 Å². The maximum absolute atomic E-state index is 6.49. The van der Waals surface area contributed by atoms with Crippen LogP contribution in [0.3, 0.4) is 0 Å². The molecule has 1 fully saturated rings. The third-order valence-electron chi connectivity index (χ3n) is 6.63. The van der Waals surface area contributed by atoms with Gasteiger partial charge in [0.2, 0.25) is 0 Å². The number of aromatic nitrogens is 1. The molecule has 1 aromatic heterocycles. The highest BCUT2D eigenvalue weighted by Crippen LogP contribution is 2.28. The molecule has 1 unspecified atom stereocenters. The highest BCUT2D eigenvalue weighted by Gasteiger charge is 2.22. The third kappa shape index (κ3) is 4.93. The smallest absolute Gasteiger partial charge is 0.0836 e. The fraction of sp³-hybridized carbons (Fsp3) is 0.407. The van der Waals surface area contributed by atoms with E-state index in [0.29, 0.717) is 0 Å². The molecule has 164 valence electrons. The van der Waals surface area contributed by atoms with Crippen molar-refractivity contribution in [3.8, 4) is 0 Å². The summed E-state index contributed by atoms with van der Waals surface area (Å²) in [6, 6.07) is 17.3. The topological polar surface area (TPSA) is 37.4 Å². The Bertz CT molecular complexity index is 1010. The number of piperazine rings is 1. The average molecular weight is 417 g/mol. The molecule has 1 saturated heterocycles. The number of hydrogen-bond acceptors (Lipinski definition) is 3. The summed E-state index contributed by atoms with van der Waals surface area (Å²) < 4.78 is 2.43. The Morgan fingerprint density at radius 2 is 1.77 bits per heavy atom. The molecule has 31 heavy (non-hydrogen) atoms. The van der Waals surface area contributed by atoms with Crippen LogP contribution in [0.5, 0.6) is 0 Å². The molecule has 4 rings (SSSR count). The lowest BCUT2D eigenvalue weighted by Gasteiger charge is -2.38. The van der Waals surface area contributed by atoms with Crippen LogP contribution in [-0.2, 0) is 13.0 Å². The molecule has 4 heteroatoms. The van der Waals surface area contributed by atoms with E-state index in [4.69, 9.17) is 5.73 Å². The zero-order chi connectivity index (χ0) is 21.8. The standard InChI is InChI=1S/C27H36N4/c1-4-22-11-12-24-25(21(2)3)20-31(26(24)19-22)14-8-13-29-15-17-30(18-16-29)27(28)23-9-6-5-7-10-23/h5-7,9-12,19-20,27H,2,4,8,13-18,28H2,1,3H3. The molecule has 2 heterocycles. The van der Waals surface area contributed by atoms with E-state index in [1.54, 1.807) is 0 Å². The van der Waals surface area contributed by atoms with Crippen molar-refractivity contribution in [2.24, 2.45) is 5.73 Å². The summed E-state index contributed by atoms with van der Waals surface area (Å²) in [5.74, 6) is 0. The predicted octanol–water partition coefficient (Wildman–Crippen LogP) is 4.90. The van der Waals surface area contributed by atoms with Gasteiger partial charge < -0.3 is 15.2 Å². The largest absolute Gasteiger partial charge is 0.347 e. The molecule has 0 amide bonds. The second-order valence-corrected chi connectivity index (χ2v) is 8.81. The molecule has 2 N–H and O–H groups in total. The number of allylic oxidation sites excluding steroid dienone is 1. The van der Waals surface area contributed by atoms with Gasteiger partial charge in [-0.3, -0.25) is 4.90 Å². The van der Waals surface area contributed by atoms with Crippen LogP contribution in [0.25, 0.3) is 16.5 Å². The molecule has 0 aliphatic carbocycles. The van der Waals surface area contributed by atoms with Gasteiger partial charge in [-0.15, -0.1) is 0 Å². The summed E-state index contributed by atoms with van der Waals surface area (Å²) in [5, 5.41) is 1.33. The van der Waals surface area contributed by atoms with Crippen LogP contribution < -0.4 is 5.73 Å². The first-order valence-corrected chi connectivity index (χ1v) is 11.6. The summed E-state index contributed by atoms with van der Waals surface area (Å²) in [4.78, 5) is 4.98. The van der Waals surface area contributed by atoms with E-state index in [2.05, 4.69) is 83.5 Å². The van der Waals surface area contributed by atoms with Crippen molar-refractivity contribution in [3.05, 3.63) is 78.0 Å². The molecule has 1 aliphatic heterocycles. The van der Waals surface area contributed by atoms with E-state index in [1.807, 2.05) is 6.07 Å². The van der Waals surface area contributed by atoms with Gasteiger partial charge in [0.1, 0.15) is 0 Å². The fourth-order valence-corrected chi connectivity index (χ4v) is 4.67. The van der Waals surface area contributed by atoms with E-state index >= 15 is 0 Å². The maximum atomic E-state index is 6.49. The van der Waals surface area contributed by atoms with Crippen LogP contribution in [0, 0.1) is 0 Å². The van der Waals surface area contributed by atoms with Gasteiger partial charge in [0, 0.05) is 55.4 Å². The van der Waals surface area contributed by atoms with Crippen LogP contribution in [0.2, 0.25) is 0 Å². The fourth-order valence-electron chi connectivity index (χ4n) is 4.67. The van der Waals surface area contributed by atoms with Crippen molar-refractivity contribution >= 4 is 16.5 Å². The van der Waals surface area contributed by atoms with Gasteiger partial charge >= 0.3 is 0 Å². The third-order valence-corrected chi connectivity index (χ3v) is 6.63. The molecule has 0 spiro atoms. The molecule has 0 saturated carbocycles. The Morgan fingerprint density at radius 3 is 2.45 bits per heavy atom. The summed E-state index contributed by atoms with van der Waals surface area (Å²) in [7, 11) is 0. The minimum absolute atomic E-state index is 0.00270. The number of nitrogens with two attached hydrogens (primary N) is 1. The van der Waals surface area contributed by atoms with E-state index in [9.17, 15) is 0 Å². The van der Waals surface area contributed by atoms with Gasteiger partial charge in [-0.2, -0.15) is 0 Å². The highest BCUT2D eigenvalue weighted by molar-refractivity contribution is 5.92. The number of rotatable bonds is 8. The number of benzene rings is 2. The Labute approximate surface area is 186 Å². The first-order valence-electron chi connectivity index (χ1n) is 11.6. The summed E-state index contributed by atoms with van der Waals surface area (Å²) in [5.41, 5.74) is 12.8. The summed E-state index contributed by atoms with van der Waals surface area (Å²) >= 11 is 0. The van der Waals surface area contributed by atoms with Crippen LogP contribution >= 0.6 is 0 Å². The SMILES string of the molecule is C=C(C)c1cn(CCCN2CCN(C(N)c3ccccc3)CC2)c2cc(CC)ccc12. The zero-order valence-corrected chi connectivity index (χ0v) is 19.1. The van der Waals surface area contributed by atoms with Crippen LogP contribution in [-0.4, -0.2) is 47.1 Å². The van der Waals surface area contributed by atoms with Crippen LogP contribution in [0.15, 0.2) is 61.3 Å². The Kier molecular flexibility index (Phi) is 6.91. The lowest BCUT2D eigenvalue weighted by Crippen LogP contribution is -2.49. The van der Waals surface area contributed by atoms with Gasteiger partial charge in [-0.05, 0) is 49.1 Å². The first-order chi connectivity index (χ1) is 15.1. The van der Waals surface area contributed by atoms with E-state index in [1.165, 1.54) is 27.6 Å². The molecule has 4 nitrogen and oxygen atoms in total. The van der Waals surface area contributed by atoms with Crippen molar-refractivity contribution in [3.63, 3.8) is 0 Å². The Balaban J connectivity index is 1.33. The second kappa shape index (κ2) is 9.82. The van der Waals surface area contributed by atoms with E-state index < -0.39 is 0 Å². The molecule has 3 aromatic rings. The number of nitrogens with zero attached hydrogens (tertiary/aromatic N) is 3. The van der Waals surface area contributed by atoms with Gasteiger partial charge in [0.05, 0.1) is 6.17 Å². The molecular formula is C27H36N4. The van der Waals surface area contributed by atoms with E-state index in [-0.39, 0.29) is 6.17 Å². The second-order valence-electron chi connectivity index (χ2n) is 8.81. The lowest BCUT2D eigenvalue weighted by atomic mass is 10.1. The van der Waals surface area contributed by atoms with Crippen LogP contribution in [0.1, 0.15) is 43.1 Å². The van der Waals surface area contributed by atoms with Crippen LogP contribution in [0.4, 0.5) is 0 Å². The number of fused-ring (bicyclic) bond motifs is 1. The van der Waals surface area contributed by atoms with Gasteiger partial charge in [-0.25, -0.2) is 0 Å². The minimum atomic E-state index is 0.00270. The molecule has 0 bridgehead atoms. The van der Waals surface area contributed by atoms with Crippen molar-refractivity contribution in [1.82, 2.24) is 14.4 Å². The van der Waals surface area contributed by atoms with Gasteiger partial charge in [0.15, 0.2) is 0 Å². The Morgan fingerprint density at radius 1 is 1.03 bits per heavy atom. The normalized spacial score (nSPS) is 16.6. The van der Waals surface area contributed by atoms with Gasteiger partial charge in [-0.1, -0.05) is 56.0 Å². The van der Waals surface area contributed by atoms with Crippen molar-refractivity contribution in [1.29, 1.82) is 0 Å². The Hall–Kier alpha value is -2.40. The molecular weight excluding hydrogens is 380 g/mol. The predicted molar refractivity (Wildman–Crippen MR) is 132 cm³/mol. The molecule has 1 aliphatic rings. The van der Waals surface area contributed by atoms with Crippen molar-refractivity contribution in [2.45, 2.75) is 39.4 Å². The molecule has 2 aromatic carbocycles. The quantitative estimate of drug-likeness (QED) is 0.567. The lowest BCUT2D eigenvalue weighted by molar-refractivity contribution is 0.0964. The molecule has 0 radical (unpaired) electrons. The number of aryl methyl sites for hydroxylation is 2. The minimum Gasteiger partial charge on any atom is -0.347 e. The molecule has 1 atom stereocenters.